The summed E-state index contributed by atoms with van der Waals surface area (Å²) in [6, 6.07) is 0. The monoisotopic (exact) mass is 252 g/mol. The lowest BCUT2D eigenvalue weighted by atomic mass is 9.88. The lowest BCUT2D eigenvalue weighted by molar-refractivity contribution is 0.108. The van der Waals surface area contributed by atoms with E-state index in [1.165, 1.54) is 32.1 Å². The van der Waals surface area contributed by atoms with E-state index in [-0.39, 0.29) is 0 Å². The van der Waals surface area contributed by atoms with Gasteiger partial charge in [-0.2, -0.15) is 0 Å². The van der Waals surface area contributed by atoms with Crippen molar-refractivity contribution >= 4 is 11.6 Å². The van der Waals surface area contributed by atoms with Crippen molar-refractivity contribution in [3.05, 3.63) is 22.2 Å². The predicted octanol–water partition coefficient (Wildman–Crippen LogP) is 3.25. The maximum absolute atomic E-state index is 6.24. The number of ether oxygens (including phenoxy) is 1. The number of aromatic nitrogens is 2. The van der Waals surface area contributed by atoms with Crippen molar-refractivity contribution in [2.24, 2.45) is 0 Å². The zero-order chi connectivity index (χ0) is 11.7. The van der Waals surface area contributed by atoms with Crippen molar-refractivity contribution in [2.75, 3.05) is 6.61 Å². The molecule has 0 amide bonds. The van der Waals surface area contributed by atoms with Gasteiger partial charge in [-0.05, 0) is 12.8 Å². The maximum Gasteiger partial charge on any atom is 0.138 e. The smallest absolute Gasteiger partial charge is 0.138 e. The molecule has 3 nitrogen and oxygen atoms in total. The summed E-state index contributed by atoms with van der Waals surface area (Å²) < 4.78 is 5.40. The summed E-state index contributed by atoms with van der Waals surface area (Å²) in [4.78, 5) is 9.21. The molecule has 0 atom stereocenters. The molecule has 0 aromatic carbocycles. The van der Waals surface area contributed by atoms with Gasteiger partial charge in [0.25, 0.3) is 0 Å². The Morgan fingerprint density at radius 2 is 1.94 bits per heavy atom. The van der Waals surface area contributed by atoms with E-state index >= 15 is 0 Å². The van der Waals surface area contributed by atoms with Crippen LogP contribution in [0.25, 0.3) is 0 Å². The van der Waals surface area contributed by atoms with Gasteiger partial charge in [-0.25, -0.2) is 9.97 Å². The summed E-state index contributed by atoms with van der Waals surface area (Å²) in [5.41, 5.74) is 2.11. The summed E-state index contributed by atoms with van der Waals surface area (Å²) in [6.07, 6.45) is 7.25. The normalized spacial score (nSPS) is 21.2. The van der Waals surface area contributed by atoms with Crippen molar-refractivity contribution in [1.82, 2.24) is 9.97 Å². The van der Waals surface area contributed by atoms with Gasteiger partial charge < -0.3 is 4.74 Å². The Morgan fingerprint density at radius 1 is 1.12 bits per heavy atom. The van der Waals surface area contributed by atoms with Crippen LogP contribution in [0.5, 0.6) is 0 Å². The van der Waals surface area contributed by atoms with E-state index in [9.17, 15) is 0 Å². The highest BCUT2D eigenvalue weighted by Gasteiger charge is 2.22. The molecule has 17 heavy (non-hydrogen) atoms. The molecule has 1 fully saturated rings. The molecule has 2 heterocycles. The van der Waals surface area contributed by atoms with Crippen LogP contribution < -0.4 is 0 Å². The molecule has 1 aromatic heterocycles. The van der Waals surface area contributed by atoms with Crippen molar-refractivity contribution in [2.45, 2.75) is 51.0 Å². The third kappa shape index (κ3) is 2.31. The third-order valence-electron chi connectivity index (χ3n) is 3.76. The summed E-state index contributed by atoms with van der Waals surface area (Å²) in [6.45, 7) is 1.32. The zero-order valence-electron chi connectivity index (χ0n) is 9.91. The molecule has 1 aliphatic heterocycles. The van der Waals surface area contributed by atoms with Crippen LogP contribution in [0.3, 0.4) is 0 Å². The molecule has 4 heteroatoms. The predicted molar refractivity (Wildman–Crippen MR) is 66.2 cm³/mol. The molecule has 3 rings (SSSR count). The molecule has 1 aliphatic carbocycles. The number of fused-ring (bicyclic) bond motifs is 1. The minimum Gasteiger partial charge on any atom is -0.376 e. The molecule has 0 saturated heterocycles. The van der Waals surface area contributed by atoms with E-state index in [1.807, 2.05) is 0 Å². The largest absolute Gasteiger partial charge is 0.376 e. The average Bonchev–Trinajstić information content (AvgIpc) is 2.40. The van der Waals surface area contributed by atoms with Crippen molar-refractivity contribution in [3.63, 3.8) is 0 Å². The molecular formula is C13H17ClN2O. The molecule has 1 aromatic rings. The molecule has 2 aliphatic rings. The van der Waals surface area contributed by atoms with E-state index in [0.717, 1.165) is 30.1 Å². The van der Waals surface area contributed by atoms with E-state index in [1.54, 1.807) is 0 Å². The lowest BCUT2D eigenvalue weighted by Crippen LogP contribution is -2.17. The highest BCUT2D eigenvalue weighted by molar-refractivity contribution is 6.30. The first-order valence-electron chi connectivity index (χ1n) is 6.47. The minimum absolute atomic E-state index is 0.523. The molecule has 0 bridgehead atoms. The van der Waals surface area contributed by atoms with Gasteiger partial charge >= 0.3 is 0 Å². The van der Waals surface area contributed by atoms with Crippen LogP contribution in [-0.4, -0.2) is 16.6 Å². The van der Waals surface area contributed by atoms with Crippen LogP contribution in [0.1, 0.15) is 55.1 Å². The molecule has 1 saturated carbocycles. The Morgan fingerprint density at radius 3 is 2.76 bits per heavy atom. The fourth-order valence-corrected chi connectivity index (χ4v) is 3.00. The summed E-state index contributed by atoms with van der Waals surface area (Å²) in [5.74, 6) is 1.49. The van der Waals surface area contributed by atoms with Crippen LogP contribution in [-0.2, 0) is 17.8 Å². The van der Waals surface area contributed by atoms with Gasteiger partial charge in [-0.3, -0.25) is 0 Å². The first kappa shape index (κ1) is 11.4. The van der Waals surface area contributed by atoms with E-state index in [0.29, 0.717) is 17.7 Å². The summed E-state index contributed by atoms with van der Waals surface area (Å²) >= 11 is 6.24. The number of hydrogen-bond donors (Lipinski definition) is 0. The van der Waals surface area contributed by atoms with Crippen LogP contribution in [0.4, 0.5) is 0 Å². The number of rotatable bonds is 1. The molecule has 0 N–H and O–H groups in total. The maximum atomic E-state index is 6.24. The van der Waals surface area contributed by atoms with Crippen LogP contribution in [0, 0.1) is 0 Å². The summed E-state index contributed by atoms with van der Waals surface area (Å²) in [5, 5.41) is 0.607. The van der Waals surface area contributed by atoms with Crippen molar-refractivity contribution < 1.29 is 4.74 Å². The Labute approximate surface area is 107 Å². The second kappa shape index (κ2) is 4.91. The minimum atomic E-state index is 0.523. The Balaban J connectivity index is 1.92. The van der Waals surface area contributed by atoms with Crippen LogP contribution >= 0.6 is 11.6 Å². The number of halogens is 1. The second-order valence-corrected chi connectivity index (χ2v) is 5.29. The molecule has 92 valence electrons. The zero-order valence-corrected chi connectivity index (χ0v) is 10.7. The number of hydrogen-bond acceptors (Lipinski definition) is 3. The Hall–Kier alpha value is -0.670. The van der Waals surface area contributed by atoms with E-state index in [2.05, 4.69) is 4.98 Å². The van der Waals surface area contributed by atoms with Gasteiger partial charge in [0.1, 0.15) is 11.0 Å². The second-order valence-electron chi connectivity index (χ2n) is 4.94. The fourth-order valence-electron chi connectivity index (χ4n) is 2.75. The molecule has 0 unspecified atom stereocenters. The number of nitrogens with zero attached hydrogens (tertiary/aromatic N) is 2. The summed E-state index contributed by atoms with van der Waals surface area (Å²) in [7, 11) is 0. The topological polar surface area (TPSA) is 35.0 Å². The first-order valence-corrected chi connectivity index (χ1v) is 6.85. The van der Waals surface area contributed by atoms with Crippen molar-refractivity contribution in [3.8, 4) is 0 Å². The van der Waals surface area contributed by atoms with E-state index < -0.39 is 0 Å². The lowest BCUT2D eigenvalue weighted by Gasteiger charge is -2.23. The highest BCUT2D eigenvalue weighted by Crippen LogP contribution is 2.32. The van der Waals surface area contributed by atoms with Gasteiger partial charge in [0.2, 0.25) is 0 Å². The molecule has 0 radical (unpaired) electrons. The van der Waals surface area contributed by atoms with Crippen molar-refractivity contribution in [1.29, 1.82) is 0 Å². The van der Waals surface area contributed by atoms with Gasteiger partial charge in [0.15, 0.2) is 0 Å². The highest BCUT2D eigenvalue weighted by atomic mass is 35.5. The standard InChI is InChI=1S/C13H17ClN2O/c14-12-10-8-17-7-6-11(10)15-13(16-12)9-4-2-1-3-5-9/h9H,1-8H2. The quantitative estimate of drug-likeness (QED) is 0.720. The fraction of sp³-hybridized carbons (Fsp3) is 0.692. The van der Waals surface area contributed by atoms with Gasteiger partial charge in [0.05, 0.1) is 18.9 Å². The van der Waals surface area contributed by atoms with E-state index in [4.69, 9.17) is 21.3 Å². The molecular weight excluding hydrogens is 236 g/mol. The van der Waals surface area contributed by atoms with Crippen LogP contribution in [0.15, 0.2) is 0 Å². The third-order valence-corrected chi connectivity index (χ3v) is 4.07. The Bertz CT molecular complexity index is 416. The molecule has 0 spiro atoms. The van der Waals surface area contributed by atoms with Gasteiger partial charge in [-0.15, -0.1) is 0 Å². The first-order chi connectivity index (χ1) is 8.34. The SMILES string of the molecule is Clc1nc(C2CCCCC2)nc2c1COCC2. The van der Waals surface area contributed by atoms with Gasteiger partial charge in [-0.1, -0.05) is 30.9 Å². The van der Waals surface area contributed by atoms with Crippen LogP contribution in [0.2, 0.25) is 5.15 Å². The Kier molecular flexibility index (Phi) is 3.30. The van der Waals surface area contributed by atoms with Gasteiger partial charge in [0, 0.05) is 17.9 Å². The average molecular weight is 253 g/mol.